The first-order valence-corrected chi connectivity index (χ1v) is 19.1. The zero-order valence-corrected chi connectivity index (χ0v) is 13.0. The second-order valence-electron chi connectivity index (χ2n) is 2.18. The topological polar surface area (TPSA) is 27.7 Å². The van der Waals surface area contributed by atoms with Gasteiger partial charge in [-0.15, -0.1) is 0 Å². The predicted molar refractivity (Wildman–Crippen MR) is 35.1 cm³/mol. The summed E-state index contributed by atoms with van der Waals surface area (Å²) in [5, 5.41) is 0. The van der Waals surface area contributed by atoms with E-state index in [1.165, 1.54) is 3.93 Å². The zero-order valence-electron chi connectivity index (χ0n) is 5.88. The predicted octanol–water partition coefficient (Wildman–Crippen LogP) is 1.49. The Morgan fingerprint density at radius 1 is 1.70 bits per heavy atom. The summed E-state index contributed by atoms with van der Waals surface area (Å²) in [5.41, 5.74) is 0. The van der Waals surface area contributed by atoms with Crippen LogP contribution in [0.5, 0.6) is 0 Å². The Bertz CT molecular complexity index is 101. The summed E-state index contributed by atoms with van der Waals surface area (Å²) in [7, 11) is 0. The van der Waals surface area contributed by atoms with E-state index in [1.54, 1.807) is 0 Å². The molecule has 0 amide bonds. The van der Waals surface area contributed by atoms with Crippen LogP contribution in [0, 0.1) is 0 Å². The van der Waals surface area contributed by atoms with Crippen LogP contribution in [-0.4, -0.2) is 19.0 Å². The van der Waals surface area contributed by atoms with Crippen molar-refractivity contribution >= 4 is 11.9 Å². The van der Waals surface area contributed by atoms with E-state index >= 15 is 0 Å². The minimum absolute atomic E-state index is 0.189. The van der Waals surface area contributed by atoms with Crippen molar-refractivity contribution in [1.29, 1.82) is 0 Å². The van der Waals surface area contributed by atoms with Gasteiger partial charge in [-0.2, -0.15) is 0 Å². The zero-order chi connectivity index (χ0) is 7.40. The van der Waals surface area contributed by atoms with E-state index in [9.17, 15) is 0 Å². The molecule has 1 saturated heterocycles. The van der Waals surface area contributed by atoms with Crippen LogP contribution in [-0.2, 0) is 36.7 Å². The molecule has 0 spiro atoms. The van der Waals surface area contributed by atoms with Crippen molar-refractivity contribution in [1.82, 2.24) is 0 Å². The second-order valence-corrected chi connectivity index (χ2v) is 12.9. The third-order valence-corrected chi connectivity index (χ3v) is 8.64. The van der Waals surface area contributed by atoms with Crippen molar-refractivity contribution in [2.75, 3.05) is 6.61 Å². The average molecular weight is 398 g/mol. The van der Waals surface area contributed by atoms with Gasteiger partial charge < -0.3 is 0 Å². The molecule has 10 heavy (non-hydrogen) atoms. The molecule has 2 atom stereocenters. The van der Waals surface area contributed by atoms with Crippen molar-refractivity contribution in [2.24, 2.45) is 0 Å². The van der Waals surface area contributed by atoms with Crippen LogP contribution in [0.1, 0.15) is 6.92 Å². The van der Waals surface area contributed by atoms with Crippen LogP contribution in [0.25, 0.3) is 0 Å². The van der Waals surface area contributed by atoms with Crippen molar-refractivity contribution in [3.63, 3.8) is 0 Å². The van der Waals surface area contributed by atoms with Crippen molar-refractivity contribution in [3.8, 4) is 0 Å². The van der Waals surface area contributed by atoms with Crippen LogP contribution in [0.2, 0.25) is 3.93 Å². The molecule has 1 rings (SSSR count). The van der Waals surface area contributed by atoms with Crippen molar-refractivity contribution in [2.45, 2.75) is 23.2 Å². The minimum atomic E-state index is -0.725. The molecule has 0 aromatic heterocycles. The second kappa shape index (κ2) is 5.03. The number of hydrogen-bond acceptors (Lipinski definition) is 3. The molecule has 56 valence electrons. The monoisotopic (exact) mass is 398 g/mol. The third-order valence-electron chi connectivity index (χ3n) is 1.27. The summed E-state index contributed by atoms with van der Waals surface area (Å²) >= 11 is 2.83. The molecular weight excluding hydrogens is 389 g/mol. The summed E-state index contributed by atoms with van der Waals surface area (Å²) in [6, 6.07) is 0. The van der Waals surface area contributed by atoms with E-state index in [2.05, 4.69) is 11.9 Å². The first kappa shape index (κ1) is 9.38. The summed E-state index contributed by atoms with van der Waals surface area (Å²) in [4.78, 5) is 9.58. The van der Waals surface area contributed by atoms with Crippen LogP contribution < -0.4 is 0 Å². The van der Waals surface area contributed by atoms with Crippen LogP contribution in [0.3, 0.4) is 0 Å². The Balaban J connectivity index is 2.18. The maximum absolute atomic E-state index is 5.40. The Labute approximate surface area is 78.0 Å². The molecule has 1 aliphatic rings. The van der Waals surface area contributed by atoms with Gasteiger partial charge in [0, 0.05) is 0 Å². The molecule has 0 unspecified atom stereocenters. The van der Waals surface area contributed by atoms with Gasteiger partial charge in [0.05, 0.1) is 0 Å². The summed E-state index contributed by atoms with van der Waals surface area (Å²) in [6.45, 7) is 2.44. The normalized spacial score (nSPS) is 33.4. The van der Waals surface area contributed by atoms with E-state index in [4.69, 9.17) is 14.5 Å². The Morgan fingerprint density at radius 2 is 2.50 bits per heavy atom. The summed E-state index contributed by atoms with van der Waals surface area (Å²) in [6.07, 6.45) is 0.0935. The SMILES string of the molecule is C[C@H]1OOC[C@@H]([CH2][Hg][Br])O1. The molecular formula is C5H9BrHgO3. The molecule has 0 radical (unpaired) electrons. The van der Waals surface area contributed by atoms with E-state index in [0.29, 0.717) is 6.61 Å². The van der Waals surface area contributed by atoms with Crippen LogP contribution in [0.4, 0.5) is 0 Å². The number of rotatable bonds is 2. The average Bonchev–Trinajstić information content (AvgIpc) is 1.88. The molecule has 1 heterocycles. The van der Waals surface area contributed by atoms with Gasteiger partial charge in [0.1, 0.15) is 0 Å². The molecule has 1 aliphatic heterocycles. The van der Waals surface area contributed by atoms with Crippen molar-refractivity contribution in [3.05, 3.63) is 0 Å². The standard InChI is InChI=1S/C5H9O3.BrH.Hg/c1-4-3-6-8-5(2)7-4;;/h4-5H,1,3H2,2H3;1H;/q;;+1/p-1/t4-,5-;;/m1../s1. The van der Waals surface area contributed by atoms with Gasteiger partial charge in [0.2, 0.25) is 0 Å². The number of halogens is 1. The Morgan fingerprint density at radius 3 is 3.10 bits per heavy atom. The molecule has 0 N–H and O–H groups in total. The molecule has 0 aromatic carbocycles. The van der Waals surface area contributed by atoms with Crippen LogP contribution >= 0.6 is 11.9 Å². The fourth-order valence-corrected chi connectivity index (χ4v) is 7.42. The van der Waals surface area contributed by atoms with E-state index in [0.717, 1.165) is 0 Å². The van der Waals surface area contributed by atoms with Gasteiger partial charge in [-0.3, -0.25) is 0 Å². The Hall–Kier alpha value is 1.30. The van der Waals surface area contributed by atoms with E-state index < -0.39 is 22.1 Å². The first-order valence-electron chi connectivity index (χ1n) is 3.32. The first-order chi connectivity index (χ1) is 4.83. The third kappa shape index (κ3) is 3.13. The van der Waals surface area contributed by atoms with Gasteiger partial charge in [-0.05, 0) is 0 Å². The van der Waals surface area contributed by atoms with E-state index in [-0.39, 0.29) is 12.4 Å². The van der Waals surface area contributed by atoms with Gasteiger partial charge in [0.15, 0.2) is 0 Å². The fourth-order valence-electron chi connectivity index (χ4n) is 0.817. The quantitative estimate of drug-likeness (QED) is 0.522. The molecule has 0 bridgehead atoms. The number of hydrogen-bond donors (Lipinski definition) is 0. The van der Waals surface area contributed by atoms with E-state index in [1.807, 2.05) is 6.92 Å². The molecule has 0 aromatic rings. The molecule has 5 heteroatoms. The summed E-state index contributed by atoms with van der Waals surface area (Å²) in [5.74, 6) is 0. The van der Waals surface area contributed by atoms with Gasteiger partial charge in [0.25, 0.3) is 0 Å². The molecule has 3 nitrogen and oxygen atoms in total. The number of ether oxygens (including phenoxy) is 1. The Kier molecular flexibility index (Phi) is 4.72. The van der Waals surface area contributed by atoms with Gasteiger partial charge in [-0.25, -0.2) is 0 Å². The van der Waals surface area contributed by atoms with Gasteiger partial charge >= 0.3 is 78.4 Å². The molecule has 0 saturated carbocycles. The maximum atomic E-state index is 5.40. The molecule has 0 aliphatic carbocycles. The van der Waals surface area contributed by atoms with Crippen LogP contribution in [0.15, 0.2) is 0 Å². The fraction of sp³-hybridized carbons (Fsp3) is 1.00. The molecule has 1 fully saturated rings. The summed E-state index contributed by atoms with van der Waals surface area (Å²) < 4.78 is 6.59. The van der Waals surface area contributed by atoms with Crippen molar-refractivity contribution < 1.29 is 36.7 Å². The van der Waals surface area contributed by atoms with Gasteiger partial charge in [-0.1, -0.05) is 0 Å².